The van der Waals surface area contributed by atoms with Crippen LogP contribution in [0.5, 0.6) is 0 Å². The summed E-state index contributed by atoms with van der Waals surface area (Å²) < 4.78 is 0. The van der Waals surface area contributed by atoms with Gasteiger partial charge in [-0.05, 0) is 94.0 Å². The standard InChI is InChI=1S/C28H46O4/c1-19(7-5-14-27(2,3)32)23-11-12-24-21(8-6-15-28(23,24)4)10-9-20-17-25(30)22(13-16-29)26(31)18-20/h9-10,13,19,23-26,29-32H,5-8,11-12,14-18H2,1-4H3/b20-9?,21-10+,22-13?/t19-,23?,24?,25+,26+,28?/m0/s1. The van der Waals surface area contributed by atoms with Gasteiger partial charge < -0.3 is 20.4 Å². The van der Waals surface area contributed by atoms with Crippen LogP contribution in [0, 0.1) is 23.2 Å². The normalized spacial score (nSPS) is 35.7. The number of aliphatic hydroxyl groups is 4. The predicted octanol–water partition coefficient (Wildman–Crippen LogP) is 5.07. The molecule has 182 valence electrons. The van der Waals surface area contributed by atoms with Crippen molar-refractivity contribution in [2.45, 2.75) is 110 Å². The highest BCUT2D eigenvalue weighted by atomic mass is 16.3. The van der Waals surface area contributed by atoms with Crippen LogP contribution in [0.2, 0.25) is 0 Å². The molecule has 3 aliphatic rings. The number of allylic oxidation sites excluding steroid dienone is 3. The Hall–Kier alpha value is -0.940. The largest absolute Gasteiger partial charge is 0.392 e. The minimum atomic E-state index is -0.701. The van der Waals surface area contributed by atoms with E-state index in [1.54, 1.807) is 11.6 Å². The molecule has 6 atom stereocenters. The zero-order chi connectivity index (χ0) is 23.5. The average molecular weight is 447 g/mol. The molecule has 3 unspecified atom stereocenters. The quantitative estimate of drug-likeness (QED) is 0.412. The summed E-state index contributed by atoms with van der Waals surface area (Å²) in [7, 11) is 0. The number of fused-ring (bicyclic) bond motifs is 1. The molecule has 0 aromatic carbocycles. The van der Waals surface area contributed by atoms with Crippen LogP contribution in [0.4, 0.5) is 0 Å². The number of hydrogen-bond acceptors (Lipinski definition) is 4. The van der Waals surface area contributed by atoms with E-state index in [2.05, 4.69) is 26.0 Å². The molecule has 0 amide bonds. The summed E-state index contributed by atoms with van der Waals surface area (Å²) in [5.41, 5.74) is 3.00. The summed E-state index contributed by atoms with van der Waals surface area (Å²) in [6, 6.07) is 0. The Labute approximate surface area is 195 Å². The van der Waals surface area contributed by atoms with E-state index in [4.69, 9.17) is 5.11 Å². The lowest BCUT2D eigenvalue weighted by molar-refractivity contribution is 0.0596. The second-order valence-electron chi connectivity index (χ2n) is 11.7. The van der Waals surface area contributed by atoms with E-state index in [-0.39, 0.29) is 6.61 Å². The van der Waals surface area contributed by atoms with E-state index in [0.717, 1.165) is 30.8 Å². The molecular formula is C28H46O4. The number of aliphatic hydroxyl groups excluding tert-OH is 3. The molecule has 0 aromatic rings. The van der Waals surface area contributed by atoms with Gasteiger partial charge in [0.2, 0.25) is 0 Å². The van der Waals surface area contributed by atoms with Gasteiger partial charge in [-0.2, -0.15) is 0 Å². The highest BCUT2D eigenvalue weighted by Gasteiger charge is 2.50. The second-order valence-corrected chi connectivity index (χ2v) is 11.7. The summed E-state index contributed by atoms with van der Waals surface area (Å²) in [4.78, 5) is 0. The zero-order valence-electron chi connectivity index (χ0n) is 20.7. The smallest absolute Gasteiger partial charge is 0.0813 e. The van der Waals surface area contributed by atoms with E-state index in [1.807, 2.05) is 13.8 Å². The maximum absolute atomic E-state index is 10.4. The Morgan fingerprint density at radius 3 is 2.44 bits per heavy atom. The van der Waals surface area contributed by atoms with Gasteiger partial charge in [-0.3, -0.25) is 0 Å². The zero-order valence-corrected chi connectivity index (χ0v) is 20.7. The van der Waals surface area contributed by atoms with Gasteiger partial charge in [0.25, 0.3) is 0 Å². The molecular weight excluding hydrogens is 400 g/mol. The molecule has 0 bridgehead atoms. The van der Waals surface area contributed by atoms with Crippen LogP contribution >= 0.6 is 0 Å². The topological polar surface area (TPSA) is 80.9 Å². The first-order valence-electron chi connectivity index (χ1n) is 12.8. The number of hydrogen-bond donors (Lipinski definition) is 4. The van der Waals surface area contributed by atoms with Gasteiger partial charge in [-0.1, -0.05) is 56.1 Å². The maximum atomic E-state index is 10.4. The Bertz CT molecular complexity index is 712. The minimum Gasteiger partial charge on any atom is -0.392 e. The van der Waals surface area contributed by atoms with Crippen molar-refractivity contribution in [2.75, 3.05) is 6.61 Å². The molecule has 3 rings (SSSR count). The molecule has 3 fully saturated rings. The van der Waals surface area contributed by atoms with Crippen LogP contribution in [0.25, 0.3) is 0 Å². The monoisotopic (exact) mass is 446 g/mol. The lowest BCUT2D eigenvalue weighted by atomic mass is 9.60. The first-order valence-corrected chi connectivity index (χ1v) is 12.8. The fourth-order valence-electron chi connectivity index (χ4n) is 7.05. The van der Waals surface area contributed by atoms with Crippen molar-refractivity contribution in [2.24, 2.45) is 23.2 Å². The highest BCUT2D eigenvalue weighted by molar-refractivity contribution is 5.30. The van der Waals surface area contributed by atoms with Gasteiger partial charge in [-0.25, -0.2) is 0 Å². The van der Waals surface area contributed by atoms with E-state index in [1.165, 1.54) is 32.1 Å². The Balaban J connectivity index is 1.67. The van der Waals surface area contributed by atoms with Crippen molar-refractivity contribution >= 4 is 0 Å². The van der Waals surface area contributed by atoms with Gasteiger partial charge in [-0.15, -0.1) is 0 Å². The molecule has 0 heterocycles. The SMILES string of the molecule is C[C@@H](CCCC(C)(C)O)C1CCC2/C(=C/C=C3C[C@@H](O)C(=CCO)[C@H](O)C3)CCCC21C. The third-order valence-electron chi connectivity index (χ3n) is 8.71. The fourth-order valence-corrected chi connectivity index (χ4v) is 7.05. The molecule has 3 aliphatic carbocycles. The summed E-state index contributed by atoms with van der Waals surface area (Å²) in [6.07, 6.45) is 15.1. The summed E-state index contributed by atoms with van der Waals surface area (Å²) in [6.45, 7) is 8.60. The predicted molar refractivity (Wildman–Crippen MR) is 130 cm³/mol. The van der Waals surface area contributed by atoms with Crippen molar-refractivity contribution in [3.05, 3.63) is 34.9 Å². The van der Waals surface area contributed by atoms with Gasteiger partial charge in [0.15, 0.2) is 0 Å². The molecule has 0 saturated heterocycles. The van der Waals surface area contributed by atoms with Crippen LogP contribution in [0.3, 0.4) is 0 Å². The van der Waals surface area contributed by atoms with Crippen LogP contribution in [0.15, 0.2) is 34.9 Å². The van der Waals surface area contributed by atoms with Crippen molar-refractivity contribution in [1.82, 2.24) is 0 Å². The molecule has 32 heavy (non-hydrogen) atoms. The van der Waals surface area contributed by atoms with E-state index in [0.29, 0.717) is 35.7 Å². The van der Waals surface area contributed by atoms with Crippen LogP contribution in [-0.4, -0.2) is 44.8 Å². The van der Waals surface area contributed by atoms with Crippen molar-refractivity contribution in [1.29, 1.82) is 0 Å². The molecule has 4 nitrogen and oxygen atoms in total. The van der Waals surface area contributed by atoms with Gasteiger partial charge >= 0.3 is 0 Å². The van der Waals surface area contributed by atoms with Gasteiger partial charge in [0.05, 0.1) is 24.4 Å². The molecule has 0 aromatic heterocycles. The summed E-state index contributed by atoms with van der Waals surface area (Å²) in [5.74, 6) is 2.07. The summed E-state index contributed by atoms with van der Waals surface area (Å²) >= 11 is 0. The fraction of sp³-hybridized carbons (Fsp3) is 0.786. The molecule has 0 radical (unpaired) electrons. The van der Waals surface area contributed by atoms with Crippen molar-refractivity contribution in [3.8, 4) is 0 Å². The molecule has 3 saturated carbocycles. The maximum Gasteiger partial charge on any atom is 0.0813 e. The van der Waals surface area contributed by atoms with Crippen LogP contribution in [-0.2, 0) is 0 Å². The van der Waals surface area contributed by atoms with Crippen molar-refractivity contribution < 1.29 is 20.4 Å². The first-order chi connectivity index (χ1) is 15.0. The number of rotatable bonds is 7. The third kappa shape index (κ3) is 5.94. The first kappa shape index (κ1) is 25.7. The Kier molecular flexibility index (Phi) is 8.46. The second kappa shape index (κ2) is 10.5. The Morgan fingerprint density at radius 2 is 1.81 bits per heavy atom. The van der Waals surface area contributed by atoms with E-state index >= 15 is 0 Å². The highest BCUT2D eigenvalue weighted by Crippen LogP contribution is 2.60. The lowest BCUT2D eigenvalue weighted by Crippen LogP contribution is -2.36. The average Bonchev–Trinajstić information content (AvgIpc) is 3.05. The van der Waals surface area contributed by atoms with Crippen LogP contribution < -0.4 is 0 Å². The molecule has 4 heteroatoms. The molecule has 4 N–H and O–H groups in total. The van der Waals surface area contributed by atoms with Crippen LogP contribution in [0.1, 0.15) is 91.9 Å². The minimum absolute atomic E-state index is 0.149. The van der Waals surface area contributed by atoms with E-state index in [9.17, 15) is 15.3 Å². The Morgan fingerprint density at radius 1 is 1.12 bits per heavy atom. The summed E-state index contributed by atoms with van der Waals surface area (Å²) in [5, 5.41) is 39.9. The molecule has 0 spiro atoms. The molecule has 0 aliphatic heterocycles. The van der Waals surface area contributed by atoms with Crippen molar-refractivity contribution in [3.63, 3.8) is 0 Å². The van der Waals surface area contributed by atoms with E-state index < -0.39 is 17.8 Å². The lowest BCUT2D eigenvalue weighted by Gasteiger charge is -2.44. The van der Waals surface area contributed by atoms with Gasteiger partial charge in [0, 0.05) is 0 Å². The van der Waals surface area contributed by atoms with Gasteiger partial charge in [0.1, 0.15) is 0 Å². The third-order valence-corrected chi connectivity index (χ3v) is 8.71.